The Balaban J connectivity index is 1.81. The molecule has 8 nitrogen and oxygen atoms in total. The van der Waals surface area contributed by atoms with Gasteiger partial charge in [-0.15, -0.1) is 0 Å². The lowest BCUT2D eigenvalue weighted by atomic mass is 10.1. The van der Waals surface area contributed by atoms with Gasteiger partial charge in [0.1, 0.15) is 0 Å². The summed E-state index contributed by atoms with van der Waals surface area (Å²) in [6.45, 7) is 6.27. The van der Waals surface area contributed by atoms with E-state index >= 15 is 0 Å². The highest BCUT2D eigenvalue weighted by Gasteiger charge is 2.28. The maximum absolute atomic E-state index is 12.9. The van der Waals surface area contributed by atoms with Crippen molar-refractivity contribution >= 4 is 28.1 Å². The molecule has 0 unspecified atom stereocenters. The van der Waals surface area contributed by atoms with Gasteiger partial charge in [-0.05, 0) is 49.7 Å². The molecule has 1 aliphatic carbocycles. The number of H-pyrrole nitrogens is 1. The van der Waals surface area contributed by atoms with Crippen LogP contribution in [0.25, 0.3) is 0 Å². The van der Waals surface area contributed by atoms with Crippen molar-refractivity contribution in [3.63, 3.8) is 0 Å². The monoisotopic (exact) mass is 423 g/mol. The van der Waals surface area contributed by atoms with Crippen molar-refractivity contribution in [1.82, 2.24) is 24.4 Å². The number of aromatic amines is 1. The number of benzene rings is 1. The quantitative estimate of drug-likeness (QED) is 0.636. The number of nitrogens with zero attached hydrogens (tertiary/aromatic N) is 3. The van der Waals surface area contributed by atoms with Gasteiger partial charge in [0.15, 0.2) is 10.6 Å². The molecule has 1 aromatic heterocycles. The van der Waals surface area contributed by atoms with Crippen LogP contribution in [-0.4, -0.2) is 46.5 Å². The third-order valence-corrected chi connectivity index (χ3v) is 7.35. The summed E-state index contributed by atoms with van der Waals surface area (Å²) in [6, 6.07) is 5.08. The standard InChI is InChI=1S/C18H25N5O3S2/c1-4-22(5-2)28(25,26)15-10-13(7-6-12(15)3)17(24)19-11-16-20-21-18(27)23(16)14-8-9-14/h6-7,10,14H,4-5,8-9,11H2,1-3H3,(H,19,24)(H,21,27). The lowest BCUT2D eigenvalue weighted by molar-refractivity contribution is 0.0949. The van der Waals surface area contributed by atoms with Gasteiger partial charge in [-0.3, -0.25) is 14.5 Å². The van der Waals surface area contributed by atoms with E-state index in [0.717, 1.165) is 12.8 Å². The molecule has 3 rings (SSSR count). The predicted octanol–water partition coefficient (Wildman–Crippen LogP) is 2.54. The molecule has 2 N–H and O–H groups in total. The van der Waals surface area contributed by atoms with Crippen molar-refractivity contribution in [2.45, 2.75) is 51.1 Å². The molecule has 2 aromatic rings. The first-order chi connectivity index (χ1) is 13.3. The summed E-state index contributed by atoms with van der Waals surface area (Å²) < 4.78 is 29.6. The average molecular weight is 424 g/mol. The van der Waals surface area contributed by atoms with Crippen LogP contribution < -0.4 is 5.32 Å². The Bertz CT molecular complexity index is 1030. The van der Waals surface area contributed by atoms with Gasteiger partial charge < -0.3 is 5.32 Å². The maximum atomic E-state index is 12.9. The van der Waals surface area contributed by atoms with Crippen LogP contribution in [0.15, 0.2) is 23.1 Å². The second-order valence-electron chi connectivity index (χ2n) is 6.80. The van der Waals surface area contributed by atoms with Crippen LogP contribution in [0.1, 0.15) is 54.5 Å². The van der Waals surface area contributed by atoms with E-state index < -0.39 is 10.0 Å². The molecule has 0 atom stereocenters. The van der Waals surface area contributed by atoms with E-state index in [1.807, 2.05) is 4.57 Å². The molecule has 152 valence electrons. The third kappa shape index (κ3) is 4.03. The van der Waals surface area contributed by atoms with Crippen molar-refractivity contribution in [2.24, 2.45) is 0 Å². The molecule has 1 aliphatic rings. The fourth-order valence-corrected chi connectivity index (χ4v) is 5.16. The Kier molecular flexibility index (Phi) is 6.01. The zero-order valence-electron chi connectivity index (χ0n) is 16.2. The molecule has 1 amide bonds. The largest absolute Gasteiger partial charge is 0.345 e. The minimum atomic E-state index is -3.64. The summed E-state index contributed by atoms with van der Waals surface area (Å²) in [7, 11) is -3.64. The molecule has 1 saturated carbocycles. The second kappa shape index (κ2) is 8.14. The number of aromatic nitrogens is 3. The zero-order chi connectivity index (χ0) is 20.5. The highest BCUT2D eigenvalue weighted by Crippen LogP contribution is 2.35. The smallest absolute Gasteiger partial charge is 0.251 e. The van der Waals surface area contributed by atoms with E-state index in [-0.39, 0.29) is 17.3 Å². The van der Waals surface area contributed by atoms with E-state index in [1.54, 1.807) is 32.9 Å². The summed E-state index contributed by atoms with van der Waals surface area (Å²) in [5.41, 5.74) is 0.904. The molecule has 0 spiro atoms. The molecular formula is C18H25N5O3S2. The molecule has 0 aliphatic heterocycles. The number of carbonyl (C=O) groups excluding carboxylic acids is 1. The number of hydrogen-bond donors (Lipinski definition) is 2. The molecule has 1 aromatic carbocycles. The minimum absolute atomic E-state index is 0.157. The van der Waals surface area contributed by atoms with Crippen molar-refractivity contribution in [3.8, 4) is 0 Å². The molecule has 1 heterocycles. The van der Waals surface area contributed by atoms with E-state index in [4.69, 9.17) is 12.2 Å². The van der Waals surface area contributed by atoms with Crippen LogP contribution >= 0.6 is 12.2 Å². The number of hydrogen-bond acceptors (Lipinski definition) is 5. The number of nitrogens with one attached hydrogen (secondary N) is 2. The van der Waals surface area contributed by atoms with E-state index in [0.29, 0.717) is 40.9 Å². The summed E-state index contributed by atoms with van der Waals surface area (Å²) in [5.74, 6) is 0.316. The van der Waals surface area contributed by atoms with Crippen LogP contribution in [0.5, 0.6) is 0 Å². The first-order valence-electron chi connectivity index (χ1n) is 9.34. The average Bonchev–Trinajstić information content (AvgIpc) is 3.43. The number of sulfonamides is 1. The van der Waals surface area contributed by atoms with E-state index in [2.05, 4.69) is 15.5 Å². The molecule has 0 saturated heterocycles. The Labute approximate surface area is 170 Å². The van der Waals surface area contributed by atoms with Crippen molar-refractivity contribution in [1.29, 1.82) is 0 Å². The van der Waals surface area contributed by atoms with Gasteiger partial charge in [0.2, 0.25) is 10.0 Å². The first kappa shape index (κ1) is 20.7. The lowest BCUT2D eigenvalue weighted by Gasteiger charge is -2.20. The van der Waals surface area contributed by atoms with Crippen molar-refractivity contribution in [3.05, 3.63) is 39.9 Å². The highest BCUT2D eigenvalue weighted by molar-refractivity contribution is 7.89. The van der Waals surface area contributed by atoms with Crippen LogP contribution in [0.4, 0.5) is 0 Å². The fraction of sp³-hybridized carbons (Fsp3) is 0.500. The van der Waals surface area contributed by atoms with Gasteiger partial charge in [-0.1, -0.05) is 19.9 Å². The lowest BCUT2D eigenvalue weighted by Crippen LogP contribution is -2.31. The van der Waals surface area contributed by atoms with Gasteiger partial charge in [0.25, 0.3) is 5.91 Å². The maximum Gasteiger partial charge on any atom is 0.251 e. The fourth-order valence-electron chi connectivity index (χ4n) is 3.15. The number of aryl methyl sites for hydroxylation is 1. The molecular weight excluding hydrogens is 398 g/mol. The Morgan fingerprint density at radius 3 is 2.64 bits per heavy atom. The van der Waals surface area contributed by atoms with Gasteiger partial charge in [-0.25, -0.2) is 8.42 Å². The first-order valence-corrected chi connectivity index (χ1v) is 11.2. The molecule has 10 heteroatoms. The van der Waals surface area contributed by atoms with Crippen molar-refractivity contribution < 1.29 is 13.2 Å². The van der Waals surface area contributed by atoms with Crippen molar-refractivity contribution in [2.75, 3.05) is 13.1 Å². The number of carbonyl (C=O) groups is 1. The Hall–Kier alpha value is -2.04. The van der Waals surface area contributed by atoms with Gasteiger partial charge >= 0.3 is 0 Å². The Morgan fingerprint density at radius 2 is 2.04 bits per heavy atom. The normalized spacial score (nSPS) is 14.4. The van der Waals surface area contributed by atoms with Crippen LogP contribution in [0, 0.1) is 11.7 Å². The summed E-state index contributed by atoms with van der Waals surface area (Å²) in [5, 5.41) is 9.76. The molecule has 1 fully saturated rings. The topological polar surface area (TPSA) is 100 Å². The summed E-state index contributed by atoms with van der Waals surface area (Å²) in [4.78, 5) is 12.8. The Morgan fingerprint density at radius 1 is 1.36 bits per heavy atom. The zero-order valence-corrected chi connectivity index (χ0v) is 17.9. The van der Waals surface area contributed by atoms with Gasteiger partial charge in [0, 0.05) is 24.7 Å². The van der Waals surface area contributed by atoms with Crippen LogP contribution in [0.3, 0.4) is 0 Å². The van der Waals surface area contributed by atoms with E-state index in [1.165, 1.54) is 10.4 Å². The number of rotatable bonds is 8. The predicted molar refractivity (Wildman–Crippen MR) is 108 cm³/mol. The van der Waals surface area contributed by atoms with Crippen LogP contribution in [-0.2, 0) is 16.6 Å². The SMILES string of the molecule is CCN(CC)S(=O)(=O)c1cc(C(=O)NCc2n[nH]c(=S)n2C2CC2)ccc1C. The molecule has 0 bridgehead atoms. The highest BCUT2D eigenvalue weighted by atomic mass is 32.2. The summed E-state index contributed by atoms with van der Waals surface area (Å²) >= 11 is 5.24. The molecule has 28 heavy (non-hydrogen) atoms. The second-order valence-corrected chi connectivity index (χ2v) is 9.09. The van der Waals surface area contributed by atoms with Crippen LogP contribution in [0.2, 0.25) is 0 Å². The number of amides is 1. The third-order valence-electron chi connectivity index (χ3n) is 4.87. The van der Waals surface area contributed by atoms with E-state index in [9.17, 15) is 13.2 Å². The van der Waals surface area contributed by atoms with Gasteiger partial charge in [0.05, 0.1) is 11.4 Å². The van der Waals surface area contributed by atoms with Gasteiger partial charge in [-0.2, -0.15) is 9.40 Å². The summed E-state index contributed by atoms with van der Waals surface area (Å²) in [6.07, 6.45) is 2.11. The molecule has 0 radical (unpaired) electrons. The minimum Gasteiger partial charge on any atom is -0.345 e.